The van der Waals surface area contributed by atoms with Crippen LogP contribution in [0.3, 0.4) is 0 Å². The Morgan fingerprint density at radius 1 is 1.15 bits per heavy atom. The number of carbonyl (C=O) groups is 1. The lowest BCUT2D eigenvalue weighted by Crippen LogP contribution is -2.21. The van der Waals surface area contributed by atoms with Crippen molar-refractivity contribution >= 4 is 51.0 Å². The Morgan fingerprint density at radius 3 is 2.38 bits per heavy atom. The predicted molar refractivity (Wildman–Crippen MR) is 116 cm³/mol. The summed E-state index contributed by atoms with van der Waals surface area (Å²) in [6.07, 6.45) is 1.29. The van der Waals surface area contributed by atoms with E-state index in [1.807, 2.05) is 61.6 Å². The normalized spacial score (nSPS) is 14.9. The van der Waals surface area contributed by atoms with Crippen LogP contribution in [-0.4, -0.2) is 24.0 Å². The molecule has 2 aromatic rings. The summed E-state index contributed by atoms with van der Waals surface area (Å²) in [6.45, 7) is 3.96. The van der Waals surface area contributed by atoms with Crippen molar-refractivity contribution < 1.29 is 9.53 Å². The zero-order valence-electron chi connectivity index (χ0n) is 14.9. The van der Waals surface area contributed by atoms with Gasteiger partial charge in [-0.1, -0.05) is 28.1 Å². The first-order valence-corrected chi connectivity index (χ1v) is 11.4. The average Bonchev–Trinajstić information content (AvgIpc) is 2.64. The number of hydrogen-bond donors (Lipinski definition) is 1. The molecule has 1 aliphatic heterocycles. The van der Waals surface area contributed by atoms with Crippen LogP contribution < -0.4 is 10.1 Å². The number of thioether (sulfide) groups is 2. The largest absolute Gasteiger partial charge is 0.484 e. The van der Waals surface area contributed by atoms with Crippen molar-refractivity contribution in [2.24, 2.45) is 0 Å². The summed E-state index contributed by atoms with van der Waals surface area (Å²) in [7, 11) is 0. The highest BCUT2D eigenvalue weighted by Crippen LogP contribution is 2.43. The molecule has 3 rings (SSSR count). The van der Waals surface area contributed by atoms with E-state index in [0.29, 0.717) is 4.58 Å². The van der Waals surface area contributed by atoms with E-state index < -0.39 is 0 Å². The van der Waals surface area contributed by atoms with Crippen LogP contribution in [0.1, 0.15) is 27.7 Å². The third kappa shape index (κ3) is 5.21. The van der Waals surface area contributed by atoms with Crippen LogP contribution in [0.25, 0.3) is 0 Å². The van der Waals surface area contributed by atoms with Gasteiger partial charge in [-0.25, -0.2) is 0 Å². The SMILES string of the molecule is Cc1cc(Br)cc(C)c1NC(=O)COc1ccc(C2SCCCS2)cc1. The first-order valence-electron chi connectivity index (χ1n) is 8.55. The smallest absolute Gasteiger partial charge is 0.262 e. The first-order chi connectivity index (χ1) is 12.5. The summed E-state index contributed by atoms with van der Waals surface area (Å²) in [6, 6.07) is 12.1. The molecular formula is C20H22BrNO2S2. The molecule has 26 heavy (non-hydrogen) atoms. The van der Waals surface area contributed by atoms with Crippen molar-refractivity contribution in [1.82, 2.24) is 0 Å². The monoisotopic (exact) mass is 451 g/mol. The van der Waals surface area contributed by atoms with E-state index in [1.165, 1.54) is 23.5 Å². The van der Waals surface area contributed by atoms with Gasteiger partial charge in [-0.2, -0.15) is 0 Å². The molecule has 0 saturated carbocycles. The molecule has 6 heteroatoms. The highest BCUT2D eigenvalue weighted by Gasteiger charge is 2.16. The number of halogens is 1. The lowest BCUT2D eigenvalue weighted by Gasteiger charge is -2.21. The van der Waals surface area contributed by atoms with Crippen LogP contribution in [-0.2, 0) is 4.79 Å². The van der Waals surface area contributed by atoms with Gasteiger partial charge in [-0.05, 0) is 72.7 Å². The lowest BCUT2D eigenvalue weighted by molar-refractivity contribution is -0.118. The summed E-state index contributed by atoms with van der Waals surface area (Å²) in [5, 5.41) is 2.95. The Labute approximate surface area is 171 Å². The number of benzene rings is 2. The van der Waals surface area contributed by atoms with Crippen molar-refractivity contribution in [2.75, 3.05) is 23.4 Å². The number of amides is 1. The maximum Gasteiger partial charge on any atom is 0.262 e. The molecule has 0 bridgehead atoms. The number of aryl methyl sites for hydroxylation is 2. The summed E-state index contributed by atoms with van der Waals surface area (Å²) < 4.78 is 7.18. The maximum atomic E-state index is 12.2. The fraction of sp³-hybridized carbons (Fsp3) is 0.350. The zero-order chi connectivity index (χ0) is 18.5. The second-order valence-electron chi connectivity index (χ2n) is 6.25. The maximum absolute atomic E-state index is 12.2. The van der Waals surface area contributed by atoms with E-state index >= 15 is 0 Å². The van der Waals surface area contributed by atoms with Crippen LogP contribution in [0.2, 0.25) is 0 Å². The molecule has 0 aromatic heterocycles. The Bertz CT molecular complexity index is 751. The van der Waals surface area contributed by atoms with Gasteiger partial charge in [0.05, 0.1) is 4.58 Å². The molecular weight excluding hydrogens is 430 g/mol. The Kier molecular flexibility index (Phi) is 6.95. The van der Waals surface area contributed by atoms with E-state index in [-0.39, 0.29) is 12.5 Å². The summed E-state index contributed by atoms with van der Waals surface area (Å²) in [5.74, 6) is 3.02. The van der Waals surface area contributed by atoms with Crippen LogP contribution in [0, 0.1) is 13.8 Å². The van der Waals surface area contributed by atoms with Crippen LogP contribution >= 0.6 is 39.5 Å². The van der Waals surface area contributed by atoms with E-state index in [9.17, 15) is 4.79 Å². The standard InChI is InChI=1S/C20H22BrNO2S2/c1-13-10-16(21)11-14(2)19(13)22-18(23)12-24-17-6-4-15(5-7-17)20-25-8-3-9-26-20/h4-7,10-11,20H,3,8-9,12H2,1-2H3,(H,22,23). The van der Waals surface area contributed by atoms with Crippen LogP contribution in [0.4, 0.5) is 5.69 Å². The number of carbonyl (C=O) groups excluding carboxylic acids is 1. The van der Waals surface area contributed by atoms with E-state index in [0.717, 1.165) is 27.0 Å². The minimum atomic E-state index is -0.152. The van der Waals surface area contributed by atoms with Gasteiger partial charge in [-0.3, -0.25) is 4.79 Å². The molecule has 1 saturated heterocycles. The van der Waals surface area contributed by atoms with Gasteiger partial charge >= 0.3 is 0 Å². The molecule has 3 nitrogen and oxygen atoms in total. The third-order valence-electron chi connectivity index (χ3n) is 4.11. The Morgan fingerprint density at radius 2 is 1.77 bits per heavy atom. The fourth-order valence-corrected chi connectivity index (χ4v) is 6.41. The molecule has 2 aromatic carbocycles. The second-order valence-corrected chi connectivity index (χ2v) is 9.89. The average molecular weight is 452 g/mol. The molecule has 0 aliphatic carbocycles. The van der Waals surface area contributed by atoms with Gasteiger partial charge in [-0.15, -0.1) is 23.5 Å². The van der Waals surface area contributed by atoms with Crippen molar-refractivity contribution in [3.8, 4) is 5.75 Å². The molecule has 1 N–H and O–H groups in total. The summed E-state index contributed by atoms with van der Waals surface area (Å²) in [5.41, 5.74) is 4.22. The van der Waals surface area contributed by atoms with Gasteiger partial charge in [0.2, 0.25) is 0 Å². The van der Waals surface area contributed by atoms with E-state index in [4.69, 9.17) is 4.74 Å². The minimum Gasteiger partial charge on any atom is -0.484 e. The topological polar surface area (TPSA) is 38.3 Å². The van der Waals surface area contributed by atoms with E-state index in [1.54, 1.807) is 0 Å². The quantitative estimate of drug-likeness (QED) is 0.608. The van der Waals surface area contributed by atoms with Gasteiger partial charge in [0.1, 0.15) is 5.75 Å². The molecule has 1 heterocycles. The molecule has 0 spiro atoms. The molecule has 1 fully saturated rings. The van der Waals surface area contributed by atoms with Gasteiger partial charge in [0.15, 0.2) is 6.61 Å². The molecule has 0 atom stereocenters. The number of rotatable bonds is 5. The van der Waals surface area contributed by atoms with Crippen molar-refractivity contribution in [3.63, 3.8) is 0 Å². The summed E-state index contributed by atoms with van der Waals surface area (Å²) in [4.78, 5) is 12.2. The number of anilines is 1. The van der Waals surface area contributed by atoms with Crippen molar-refractivity contribution in [2.45, 2.75) is 24.9 Å². The number of nitrogens with one attached hydrogen (secondary N) is 1. The first kappa shape index (κ1) is 19.6. The predicted octanol–water partition coefficient (Wildman–Crippen LogP) is 5.95. The molecule has 0 unspecified atom stereocenters. The zero-order valence-corrected chi connectivity index (χ0v) is 18.1. The van der Waals surface area contributed by atoms with Crippen LogP contribution in [0.15, 0.2) is 40.9 Å². The highest BCUT2D eigenvalue weighted by atomic mass is 79.9. The molecule has 0 radical (unpaired) electrons. The second kappa shape index (κ2) is 9.20. The molecule has 1 aliphatic rings. The molecule has 138 valence electrons. The van der Waals surface area contributed by atoms with Gasteiger partial charge in [0, 0.05) is 10.2 Å². The van der Waals surface area contributed by atoms with Gasteiger partial charge in [0.25, 0.3) is 5.91 Å². The lowest BCUT2D eigenvalue weighted by atomic mass is 10.1. The van der Waals surface area contributed by atoms with Crippen LogP contribution in [0.5, 0.6) is 5.75 Å². The fourth-order valence-electron chi connectivity index (χ4n) is 2.83. The minimum absolute atomic E-state index is 0.00121. The Balaban J connectivity index is 1.54. The Hall–Kier alpha value is -1.11. The highest BCUT2D eigenvalue weighted by molar-refractivity contribution is 9.10. The van der Waals surface area contributed by atoms with Crippen molar-refractivity contribution in [3.05, 3.63) is 57.6 Å². The number of hydrogen-bond acceptors (Lipinski definition) is 4. The van der Waals surface area contributed by atoms with Gasteiger partial charge < -0.3 is 10.1 Å². The summed E-state index contributed by atoms with van der Waals surface area (Å²) >= 11 is 7.47. The number of ether oxygens (including phenoxy) is 1. The van der Waals surface area contributed by atoms with E-state index in [2.05, 4.69) is 33.4 Å². The third-order valence-corrected chi connectivity index (χ3v) is 7.58. The van der Waals surface area contributed by atoms with Crippen molar-refractivity contribution in [1.29, 1.82) is 0 Å². The molecule has 1 amide bonds.